The zero-order valence-electron chi connectivity index (χ0n) is 7.84. The summed E-state index contributed by atoms with van der Waals surface area (Å²) in [5, 5.41) is 20.8. The number of nitro groups is 2. The van der Waals surface area contributed by atoms with Gasteiger partial charge in [0.05, 0.1) is 15.9 Å². The molecule has 0 aliphatic heterocycles. The summed E-state index contributed by atoms with van der Waals surface area (Å²) in [4.78, 5) is 17.7. The first-order valence-corrected chi connectivity index (χ1v) is 5.08. The lowest BCUT2D eigenvalue weighted by Gasteiger charge is -1.98. The van der Waals surface area contributed by atoms with Gasteiger partial charge in [0.15, 0.2) is 4.90 Å². The monoisotopic (exact) mass is 284 g/mol. The van der Waals surface area contributed by atoms with Crippen molar-refractivity contribution in [2.24, 2.45) is 0 Å². The van der Waals surface area contributed by atoms with Gasteiger partial charge >= 0.3 is 10.1 Å². The molecule has 9 nitrogen and oxygen atoms in total. The van der Waals surface area contributed by atoms with Crippen molar-refractivity contribution in [2.75, 3.05) is 0 Å². The molecule has 94 valence electrons. The van der Waals surface area contributed by atoms with Crippen LogP contribution in [0.1, 0.15) is 0 Å². The minimum absolute atomic E-state index is 0. The molecule has 1 aromatic rings. The van der Waals surface area contributed by atoms with Crippen molar-refractivity contribution in [3.8, 4) is 0 Å². The third-order valence-electron chi connectivity index (χ3n) is 1.63. The standard InChI is InChI=1S/C6H4N2O7S.ClH/c9-7(10)4-1-2-6(16(13,14)15)5(3-4)8(11)12;/h1-3H,(H,13,14,15);1H. The second kappa shape index (κ2) is 5.03. The summed E-state index contributed by atoms with van der Waals surface area (Å²) in [5.74, 6) is 0. The van der Waals surface area contributed by atoms with E-state index in [1.807, 2.05) is 0 Å². The maximum absolute atomic E-state index is 10.7. The van der Waals surface area contributed by atoms with E-state index in [-0.39, 0.29) is 12.4 Å². The van der Waals surface area contributed by atoms with Gasteiger partial charge in [-0.05, 0) is 6.07 Å². The van der Waals surface area contributed by atoms with Gasteiger partial charge < -0.3 is 0 Å². The number of hydrogen-bond acceptors (Lipinski definition) is 6. The number of nitrogens with zero attached hydrogens (tertiary/aromatic N) is 2. The van der Waals surface area contributed by atoms with Crippen molar-refractivity contribution in [3.05, 3.63) is 38.4 Å². The van der Waals surface area contributed by atoms with Gasteiger partial charge in [-0.15, -0.1) is 12.4 Å². The normalized spacial score (nSPS) is 10.4. The van der Waals surface area contributed by atoms with E-state index in [0.29, 0.717) is 12.1 Å². The van der Waals surface area contributed by atoms with Gasteiger partial charge in [0, 0.05) is 6.07 Å². The Kier molecular flexibility index (Phi) is 4.51. The van der Waals surface area contributed by atoms with E-state index in [4.69, 9.17) is 4.55 Å². The molecule has 0 fully saturated rings. The quantitative estimate of drug-likeness (QED) is 0.499. The summed E-state index contributed by atoms with van der Waals surface area (Å²) in [6, 6.07) is 1.81. The van der Waals surface area contributed by atoms with Gasteiger partial charge in [-0.3, -0.25) is 24.8 Å². The maximum atomic E-state index is 10.7. The van der Waals surface area contributed by atoms with Gasteiger partial charge in [0.2, 0.25) is 0 Å². The van der Waals surface area contributed by atoms with Crippen LogP contribution in [0, 0.1) is 20.2 Å². The third-order valence-corrected chi connectivity index (χ3v) is 2.53. The smallest absolute Gasteiger partial charge is 0.282 e. The molecule has 0 unspecified atom stereocenters. The van der Waals surface area contributed by atoms with Gasteiger partial charge in [-0.25, -0.2) is 0 Å². The minimum atomic E-state index is -4.79. The highest BCUT2D eigenvalue weighted by Gasteiger charge is 2.26. The lowest BCUT2D eigenvalue weighted by atomic mass is 10.3. The Balaban J connectivity index is 0.00000256. The summed E-state index contributed by atoms with van der Waals surface area (Å²) in [7, 11) is -4.79. The molecule has 0 radical (unpaired) electrons. The van der Waals surface area contributed by atoms with E-state index in [1.165, 1.54) is 0 Å². The number of nitro benzene ring substituents is 2. The van der Waals surface area contributed by atoms with Crippen LogP contribution in [0.25, 0.3) is 0 Å². The highest BCUT2D eigenvalue weighted by atomic mass is 35.5. The number of benzene rings is 1. The van der Waals surface area contributed by atoms with Crippen molar-refractivity contribution in [1.82, 2.24) is 0 Å². The molecule has 0 heterocycles. The molecular formula is C6H5ClN2O7S. The van der Waals surface area contributed by atoms with Crippen molar-refractivity contribution in [2.45, 2.75) is 4.90 Å². The van der Waals surface area contributed by atoms with E-state index < -0.39 is 36.2 Å². The Bertz CT molecular complexity index is 570. The van der Waals surface area contributed by atoms with Crippen LogP contribution in [0.2, 0.25) is 0 Å². The Hall–Kier alpha value is -1.78. The van der Waals surface area contributed by atoms with Gasteiger partial charge in [-0.1, -0.05) is 0 Å². The predicted molar refractivity (Wildman–Crippen MR) is 56.8 cm³/mol. The van der Waals surface area contributed by atoms with Crippen molar-refractivity contribution in [1.29, 1.82) is 0 Å². The van der Waals surface area contributed by atoms with Crippen LogP contribution in [0.4, 0.5) is 11.4 Å². The second-order valence-corrected chi connectivity index (χ2v) is 4.03. The molecule has 1 N–H and O–H groups in total. The Morgan fingerprint density at radius 1 is 1.12 bits per heavy atom. The van der Waals surface area contributed by atoms with Crippen molar-refractivity contribution < 1.29 is 22.8 Å². The second-order valence-electron chi connectivity index (χ2n) is 2.64. The first-order valence-electron chi connectivity index (χ1n) is 3.64. The summed E-state index contributed by atoms with van der Waals surface area (Å²) in [5.41, 5.74) is -1.68. The fraction of sp³-hybridized carbons (Fsp3) is 0. The number of hydrogen-bond donors (Lipinski definition) is 1. The van der Waals surface area contributed by atoms with Gasteiger partial charge in [-0.2, -0.15) is 8.42 Å². The molecule has 0 aliphatic rings. The van der Waals surface area contributed by atoms with E-state index in [9.17, 15) is 28.6 Å². The Morgan fingerprint density at radius 2 is 1.65 bits per heavy atom. The van der Waals surface area contributed by atoms with E-state index in [1.54, 1.807) is 0 Å². The number of rotatable bonds is 3. The zero-order chi connectivity index (χ0) is 12.5. The molecule has 1 aromatic carbocycles. The third kappa shape index (κ3) is 3.34. The van der Waals surface area contributed by atoms with Crippen LogP contribution in [0.5, 0.6) is 0 Å². The topological polar surface area (TPSA) is 141 Å². The highest BCUT2D eigenvalue weighted by Crippen LogP contribution is 2.27. The SMILES string of the molecule is Cl.O=[N+]([O-])c1ccc(S(=O)(=O)O)c([N+](=O)[O-])c1. The molecule has 0 saturated heterocycles. The predicted octanol–water partition coefficient (Wildman–Crippen LogP) is 1.17. The molecule has 17 heavy (non-hydrogen) atoms. The van der Waals surface area contributed by atoms with Crippen LogP contribution in [0.3, 0.4) is 0 Å². The van der Waals surface area contributed by atoms with Crippen molar-refractivity contribution in [3.63, 3.8) is 0 Å². The summed E-state index contributed by atoms with van der Waals surface area (Å²) >= 11 is 0. The van der Waals surface area contributed by atoms with Gasteiger partial charge in [0.1, 0.15) is 0 Å². The maximum Gasteiger partial charge on any atom is 0.301 e. The molecule has 0 amide bonds. The summed E-state index contributed by atoms with van der Waals surface area (Å²) in [6.07, 6.45) is 0. The molecule has 0 saturated carbocycles. The van der Waals surface area contributed by atoms with Crippen LogP contribution in [0.15, 0.2) is 23.1 Å². The van der Waals surface area contributed by atoms with Crippen LogP contribution >= 0.6 is 12.4 Å². The summed E-state index contributed by atoms with van der Waals surface area (Å²) < 4.78 is 30.1. The molecule has 0 aliphatic carbocycles. The zero-order valence-corrected chi connectivity index (χ0v) is 9.47. The van der Waals surface area contributed by atoms with E-state index >= 15 is 0 Å². The largest absolute Gasteiger partial charge is 0.301 e. The average Bonchev–Trinajstić information content (AvgIpc) is 2.15. The molecule has 1 rings (SSSR count). The number of halogens is 1. The summed E-state index contributed by atoms with van der Waals surface area (Å²) in [6.45, 7) is 0. The fourth-order valence-corrected chi connectivity index (χ4v) is 1.62. The van der Waals surface area contributed by atoms with Crippen LogP contribution in [-0.4, -0.2) is 22.8 Å². The Morgan fingerprint density at radius 3 is 2.00 bits per heavy atom. The minimum Gasteiger partial charge on any atom is -0.282 e. The molecule has 0 spiro atoms. The van der Waals surface area contributed by atoms with E-state index in [2.05, 4.69) is 0 Å². The first-order chi connectivity index (χ1) is 7.23. The lowest BCUT2D eigenvalue weighted by molar-refractivity contribution is -0.396. The molecule has 0 aromatic heterocycles. The molecule has 11 heteroatoms. The van der Waals surface area contributed by atoms with Gasteiger partial charge in [0.25, 0.3) is 11.4 Å². The fourth-order valence-electron chi connectivity index (χ4n) is 0.980. The molecule has 0 atom stereocenters. The number of non-ortho nitro benzene ring substituents is 1. The van der Waals surface area contributed by atoms with Crippen LogP contribution < -0.4 is 0 Å². The van der Waals surface area contributed by atoms with Crippen LogP contribution in [-0.2, 0) is 10.1 Å². The van der Waals surface area contributed by atoms with Crippen molar-refractivity contribution >= 4 is 33.9 Å². The lowest BCUT2D eigenvalue weighted by Crippen LogP contribution is -2.04. The molecule has 0 bridgehead atoms. The van der Waals surface area contributed by atoms with E-state index in [0.717, 1.165) is 6.07 Å². The average molecular weight is 285 g/mol. The highest BCUT2D eigenvalue weighted by molar-refractivity contribution is 7.86. The first kappa shape index (κ1) is 15.2. The Labute approximate surface area is 101 Å². The molecular weight excluding hydrogens is 280 g/mol.